The molecule has 79 heavy (non-hydrogen) atoms. The van der Waals surface area contributed by atoms with Gasteiger partial charge in [0.05, 0.1) is 41.2 Å². The maximum absolute atomic E-state index is 16.2. The number of phenols is 11. The van der Waals surface area contributed by atoms with E-state index in [0.717, 1.165) is 0 Å². The standard InChI is InChI=1S/C47H34O32/c48-13-1-9(2-14(49)24(13)55)36(61)77-40-33-32-30(19(72-40)8-70-37(62)10-3-15(50)25(56)28(59)21(10)22-11(38(63)73-32)4-16(51)26(57)29(22)60)75-41(65)44-20(54)6-43(67,79-45(44)42(66)76-35-18(53)7-71-47(35,45)69)46(68)34(44)23-12(39(64)74-33)5-17(52)27(58)31(23)78-46/h1-5,18-19,30,32-35,40,48-53,55-60,67-69H,6-8H2/t18?,19-,30-,32+,33-,34?,35?,40+,43?,44?,45?,46?,47?/m1/s1. The van der Waals surface area contributed by atoms with Gasteiger partial charge in [-0.05, 0) is 30.3 Å². The number of benzene rings is 4. The van der Waals surface area contributed by atoms with Crippen LogP contribution < -0.4 is 4.74 Å². The van der Waals surface area contributed by atoms with Crippen molar-refractivity contribution < 1.29 is 158 Å². The predicted molar refractivity (Wildman–Crippen MR) is 232 cm³/mol. The second-order valence-electron chi connectivity index (χ2n) is 19.2. The van der Waals surface area contributed by atoms with Crippen molar-refractivity contribution in [3.05, 3.63) is 58.1 Å². The summed E-state index contributed by atoms with van der Waals surface area (Å²) in [5.41, 5.74) is -16.0. The van der Waals surface area contributed by atoms with Gasteiger partial charge in [-0.3, -0.25) is 9.59 Å². The molecule has 6 fully saturated rings. The highest BCUT2D eigenvalue weighted by Gasteiger charge is 2.98. The van der Waals surface area contributed by atoms with E-state index in [0.29, 0.717) is 30.3 Å². The number of cyclic esters (lactones) is 1. The van der Waals surface area contributed by atoms with Crippen LogP contribution in [-0.2, 0) is 57.0 Å². The number of ether oxygens (including phenoxy) is 10. The van der Waals surface area contributed by atoms with Gasteiger partial charge in [0.25, 0.3) is 5.79 Å². The lowest BCUT2D eigenvalue weighted by molar-refractivity contribution is -0.468. The van der Waals surface area contributed by atoms with Crippen LogP contribution in [-0.4, -0.2) is 197 Å². The number of phenolic OH excluding ortho intramolecular Hbond substituents is 11. The maximum atomic E-state index is 16.2. The lowest BCUT2D eigenvalue weighted by atomic mass is 9.47. The van der Waals surface area contributed by atoms with Crippen molar-refractivity contribution in [3.63, 3.8) is 0 Å². The molecular formula is C47H34O32. The molecule has 8 heterocycles. The van der Waals surface area contributed by atoms with E-state index in [9.17, 15) is 91.0 Å². The van der Waals surface area contributed by atoms with Gasteiger partial charge in [0.1, 0.15) is 18.8 Å². The van der Waals surface area contributed by atoms with Gasteiger partial charge < -0.3 is 124 Å². The number of aromatic hydroxyl groups is 11. The Balaban J connectivity index is 1.14. The number of hydrogen-bond acceptors (Lipinski definition) is 32. The van der Waals surface area contributed by atoms with Gasteiger partial charge in [-0.25, -0.2) is 24.0 Å². The summed E-state index contributed by atoms with van der Waals surface area (Å²) >= 11 is 0. The number of aliphatic hydroxyl groups is 4. The Bertz CT molecular complexity index is 3530. The van der Waals surface area contributed by atoms with E-state index < -0.39 is 246 Å². The minimum atomic E-state index is -4.01. The van der Waals surface area contributed by atoms with Crippen molar-refractivity contribution in [2.24, 2.45) is 5.41 Å². The number of carbonyl (C=O) groups is 7. The first-order valence-corrected chi connectivity index (χ1v) is 22.8. The van der Waals surface area contributed by atoms with Gasteiger partial charge in [0.2, 0.25) is 46.8 Å². The molecule has 6 bridgehead atoms. The first kappa shape index (κ1) is 50.5. The SMILES string of the molecule is O=C(O[C@@H]1O[C@@H]2COC(=O)c3cc(O)c(O)c(O)c3-c3c(cc(O)c(O)c3O)C(=O)O[C@@H]3[C@H]1OC(=O)c1cc(O)c(O)c4c1C1C(O)(O4)C4(O)CC(=O)C1(C(=O)O[C@@H]32)C1(O4)C(=O)OC2C(O)COC21O)c1cc(O)c(O)c(O)c1. The summed E-state index contributed by atoms with van der Waals surface area (Å²) in [6.45, 7) is -2.49. The minimum Gasteiger partial charge on any atom is -0.504 e. The number of rotatable bonds is 2. The number of hydrogen-bond donors (Lipinski definition) is 15. The van der Waals surface area contributed by atoms with Gasteiger partial charge >= 0.3 is 35.8 Å². The number of aliphatic hydroxyl groups excluding tert-OH is 1. The quantitative estimate of drug-likeness (QED) is 0.0415. The summed E-state index contributed by atoms with van der Waals surface area (Å²) in [6, 6.07) is 2.06. The van der Waals surface area contributed by atoms with Crippen LogP contribution in [0.4, 0.5) is 0 Å². The molecule has 15 N–H and O–H groups in total. The molecule has 1 aliphatic carbocycles. The summed E-state index contributed by atoms with van der Waals surface area (Å²) in [5, 5.41) is 167. The van der Waals surface area contributed by atoms with Crippen LogP contribution in [0, 0.1) is 5.41 Å². The average Bonchev–Trinajstić information content (AvgIpc) is 1.66. The number of esters is 6. The van der Waals surface area contributed by atoms with E-state index in [1.54, 1.807) is 0 Å². The summed E-state index contributed by atoms with van der Waals surface area (Å²) in [6.07, 6.45) is -19.6. The summed E-state index contributed by atoms with van der Waals surface area (Å²) in [4.78, 5) is 105. The second kappa shape index (κ2) is 15.9. The van der Waals surface area contributed by atoms with Crippen LogP contribution in [0.5, 0.6) is 69.0 Å². The molecule has 4 aromatic rings. The number of ketones is 1. The third-order valence-corrected chi connectivity index (χ3v) is 15.1. The van der Waals surface area contributed by atoms with Gasteiger partial charge in [-0.15, -0.1) is 0 Å². The molecule has 13 rings (SSSR count). The average molecular weight is 1110 g/mol. The van der Waals surface area contributed by atoms with Crippen LogP contribution in [0.25, 0.3) is 11.1 Å². The second-order valence-corrected chi connectivity index (χ2v) is 19.2. The van der Waals surface area contributed by atoms with Crippen molar-refractivity contribution >= 4 is 41.6 Å². The lowest BCUT2D eigenvalue weighted by Gasteiger charge is -2.64. The number of Topliss-reactive ketones (excluding diaryl/α,β-unsaturated/α-hetero) is 1. The Labute approximate surface area is 433 Å². The zero-order valence-electron chi connectivity index (χ0n) is 38.8. The minimum absolute atomic E-state index is 0.304. The van der Waals surface area contributed by atoms with Gasteiger partial charge in [-0.1, -0.05) is 0 Å². The third-order valence-electron chi connectivity index (χ3n) is 15.1. The van der Waals surface area contributed by atoms with E-state index in [-0.39, 0.29) is 0 Å². The highest BCUT2D eigenvalue weighted by atomic mass is 16.8. The van der Waals surface area contributed by atoms with Crippen LogP contribution in [0.2, 0.25) is 0 Å². The highest BCUT2D eigenvalue weighted by Crippen LogP contribution is 2.75. The van der Waals surface area contributed by atoms with Crippen molar-refractivity contribution in [2.75, 3.05) is 13.2 Å². The van der Waals surface area contributed by atoms with Gasteiger partial charge in [0, 0.05) is 16.7 Å². The molecule has 9 aliphatic rings. The molecule has 1 saturated carbocycles. The van der Waals surface area contributed by atoms with E-state index in [1.165, 1.54) is 0 Å². The first-order chi connectivity index (χ1) is 37.1. The molecule has 414 valence electrons. The predicted octanol–water partition coefficient (Wildman–Crippen LogP) is -2.87. The van der Waals surface area contributed by atoms with Gasteiger partial charge in [-0.2, -0.15) is 0 Å². The summed E-state index contributed by atoms with van der Waals surface area (Å²) in [7, 11) is 0. The molecule has 8 unspecified atom stereocenters. The molecular weight excluding hydrogens is 1080 g/mol. The van der Waals surface area contributed by atoms with Crippen molar-refractivity contribution in [3.8, 4) is 80.1 Å². The molecule has 32 heteroatoms. The van der Waals surface area contributed by atoms with Crippen molar-refractivity contribution in [1.29, 1.82) is 0 Å². The molecule has 8 aliphatic heterocycles. The molecule has 4 aromatic carbocycles. The largest absolute Gasteiger partial charge is 0.504 e. The molecule has 0 aromatic heterocycles. The topological polar surface area (TPSA) is 515 Å². The van der Waals surface area contributed by atoms with E-state index in [4.69, 9.17) is 47.4 Å². The fraction of sp³-hybridized carbons (Fsp3) is 0.340. The molecule has 2 spiro atoms. The van der Waals surface area contributed by atoms with Crippen LogP contribution in [0.1, 0.15) is 59.3 Å². The van der Waals surface area contributed by atoms with Crippen LogP contribution in [0.15, 0.2) is 30.3 Å². The Morgan fingerprint density at radius 1 is 0.582 bits per heavy atom. The summed E-state index contributed by atoms with van der Waals surface area (Å²) < 4.78 is 57.0. The smallest absolute Gasteiger partial charge is 0.346 e. The van der Waals surface area contributed by atoms with Crippen molar-refractivity contribution in [2.45, 2.75) is 78.2 Å². The molecule has 0 radical (unpaired) electrons. The Kier molecular flexibility index (Phi) is 10.2. The van der Waals surface area contributed by atoms with Crippen molar-refractivity contribution in [1.82, 2.24) is 0 Å². The zero-order chi connectivity index (χ0) is 56.9. The number of carbonyl (C=O) groups excluding carboxylic acids is 7. The lowest BCUT2D eigenvalue weighted by Crippen LogP contribution is -2.89. The van der Waals surface area contributed by atoms with E-state index in [2.05, 4.69) is 0 Å². The van der Waals surface area contributed by atoms with Gasteiger partial charge in [0.15, 0.2) is 81.3 Å². The molecule has 13 atom stereocenters. The fourth-order valence-corrected chi connectivity index (χ4v) is 11.7. The van der Waals surface area contributed by atoms with Crippen LogP contribution in [0.3, 0.4) is 0 Å². The monoisotopic (exact) mass is 1110 g/mol. The fourth-order valence-electron chi connectivity index (χ4n) is 11.7. The Morgan fingerprint density at radius 2 is 1.14 bits per heavy atom. The van der Waals surface area contributed by atoms with E-state index >= 15 is 19.2 Å². The maximum Gasteiger partial charge on any atom is 0.346 e. The Morgan fingerprint density at radius 3 is 1.77 bits per heavy atom. The Hall–Kier alpha value is -9.31. The molecule has 32 nitrogen and oxygen atoms in total. The highest BCUT2D eigenvalue weighted by molar-refractivity contribution is 6.15. The van der Waals surface area contributed by atoms with E-state index in [1.807, 2.05) is 0 Å². The zero-order valence-corrected chi connectivity index (χ0v) is 38.8. The first-order valence-electron chi connectivity index (χ1n) is 22.8. The summed E-state index contributed by atoms with van der Waals surface area (Å²) in [5.74, 6) is -44.0. The number of fused-ring (bicyclic) bond motifs is 5. The molecule has 0 amide bonds. The molecule has 5 saturated heterocycles. The third kappa shape index (κ3) is 6.05. The van der Waals surface area contributed by atoms with Crippen LogP contribution >= 0.6 is 0 Å². The normalized spacial score (nSPS) is 34.6.